The average molecular weight is 405 g/mol. The zero-order chi connectivity index (χ0) is 21.6. The number of aryl methyl sites for hydroxylation is 1. The maximum Gasteiger partial charge on any atom is 0.238 e. The minimum Gasteiger partial charge on any atom is -0.492 e. The van der Waals surface area contributed by atoms with E-state index in [1.54, 1.807) is 4.68 Å². The van der Waals surface area contributed by atoms with Gasteiger partial charge in [0.05, 0.1) is 28.3 Å². The fraction of sp³-hybridized carbons (Fsp3) is 0.348. The molecule has 0 unspecified atom stereocenters. The zero-order valence-electron chi connectivity index (χ0n) is 17.9. The van der Waals surface area contributed by atoms with E-state index in [0.29, 0.717) is 11.4 Å². The maximum atomic E-state index is 10.7. The molecular weight excluding hydrogens is 376 g/mol. The first-order valence-electron chi connectivity index (χ1n) is 10.2. The van der Waals surface area contributed by atoms with Crippen LogP contribution in [-0.2, 0) is 12.0 Å². The molecule has 3 rings (SSSR count). The zero-order valence-corrected chi connectivity index (χ0v) is 17.9. The Kier molecular flexibility index (Phi) is 6.72. The summed E-state index contributed by atoms with van der Waals surface area (Å²) in [5.41, 5.74) is 3.05. The van der Waals surface area contributed by atoms with Crippen LogP contribution in [0, 0.1) is 0 Å². The average Bonchev–Trinajstić information content (AvgIpc) is 3.06. The van der Waals surface area contributed by atoms with E-state index in [1.165, 1.54) is 0 Å². The Balaban J connectivity index is 1.79. The van der Waals surface area contributed by atoms with Gasteiger partial charge in [0.25, 0.3) is 0 Å². The Bertz CT molecular complexity index is 1010. The third-order valence-electron chi connectivity index (χ3n) is 4.46. The molecule has 2 aromatic carbocycles. The summed E-state index contributed by atoms with van der Waals surface area (Å²) in [4.78, 5) is 0. The number of rotatable bonds is 7. The van der Waals surface area contributed by atoms with Crippen LogP contribution in [0.4, 0.5) is 22.7 Å². The smallest absolute Gasteiger partial charge is 0.238 e. The first-order valence-corrected chi connectivity index (χ1v) is 10.2. The highest BCUT2D eigenvalue weighted by molar-refractivity contribution is 5.53. The number of hydrogen-bond donors (Lipinski definition) is 1. The molecule has 1 aromatic heterocycles. The quantitative estimate of drug-likeness (QED) is 0.413. The van der Waals surface area contributed by atoms with Gasteiger partial charge in [-0.3, -0.25) is 0 Å². The van der Waals surface area contributed by atoms with Crippen molar-refractivity contribution in [3.05, 3.63) is 60.3 Å². The van der Waals surface area contributed by atoms with Gasteiger partial charge < -0.3 is 5.11 Å². The number of benzene rings is 2. The molecule has 0 aliphatic heterocycles. The molecule has 156 valence electrons. The van der Waals surface area contributed by atoms with Gasteiger partial charge in [-0.25, -0.2) is 4.68 Å². The molecule has 7 nitrogen and oxygen atoms in total. The summed E-state index contributed by atoms with van der Waals surface area (Å²) in [6.07, 6.45) is 2.77. The normalized spacial score (nSPS) is 12.3. The largest absolute Gasteiger partial charge is 0.492 e. The number of aromatic hydroxyl groups is 1. The molecule has 1 heterocycles. The van der Waals surface area contributed by atoms with E-state index >= 15 is 0 Å². The van der Waals surface area contributed by atoms with E-state index in [9.17, 15) is 5.11 Å². The van der Waals surface area contributed by atoms with E-state index in [1.807, 2.05) is 75.4 Å². The molecule has 0 amide bonds. The number of aromatic nitrogens is 2. The number of hydrogen-bond acceptors (Lipinski definition) is 6. The van der Waals surface area contributed by atoms with Gasteiger partial charge in [0.1, 0.15) is 0 Å². The molecule has 0 spiro atoms. The summed E-state index contributed by atoms with van der Waals surface area (Å²) in [6.45, 7) is 8.10. The first kappa shape index (κ1) is 21.4. The van der Waals surface area contributed by atoms with Crippen molar-refractivity contribution in [1.82, 2.24) is 9.78 Å². The van der Waals surface area contributed by atoms with Gasteiger partial charge in [-0.15, -0.1) is 5.11 Å². The summed E-state index contributed by atoms with van der Waals surface area (Å²) >= 11 is 0. The third kappa shape index (κ3) is 5.37. The summed E-state index contributed by atoms with van der Waals surface area (Å²) in [7, 11) is 0. The van der Waals surface area contributed by atoms with Crippen molar-refractivity contribution < 1.29 is 5.11 Å². The second-order valence-electron chi connectivity index (χ2n) is 8.06. The van der Waals surface area contributed by atoms with Crippen LogP contribution in [0.5, 0.6) is 5.88 Å². The van der Waals surface area contributed by atoms with Gasteiger partial charge in [0.2, 0.25) is 5.88 Å². The molecule has 0 aliphatic rings. The van der Waals surface area contributed by atoms with Crippen LogP contribution in [0.15, 0.2) is 75.1 Å². The standard InChI is InChI=1S/C23H28N6O/c1-5-6-12-20-21(22(30)29(28-20)23(2,3)4)27-26-19-15-13-18(14-16-19)25-24-17-10-8-7-9-11-17/h7-11,13-16,30H,5-6,12H2,1-4H3/b25-24+,27-26+. The molecule has 0 saturated carbocycles. The highest BCUT2D eigenvalue weighted by Crippen LogP contribution is 2.36. The van der Waals surface area contributed by atoms with Crippen molar-refractivity contribution in [2.75, 3.05) is 0 Å². The minimum absolute atomic E-state index is 0.0469. The van der Waals surface area contributed by atoms with E-state index in [0.717, 1.165) is 36.3 Å². The van der Waals surface area contributed by atoms with Crippen molar-refractivity contribution in [2.24, 2.45) is 20.5 Å². The predicted octanol–water partition coefficient (Wildman–Crippen LogP) is 7.52. The number of unbranched alkanes of at least 4 members (excludes halogenated alkanes) is 1. The second kappa shape index (κ2) is 9.43. The van der Waals surface area contributed by atoms with Crippen molar-refractivity contribution in [3.8, 4) is 5.88 Å². The Morgan fingerprint density at radius 3 is 1.90 bits per heavy atom. The van der Waals surface area contributed by atoms with Gasteiger partial charge in [-0.05, 0) is 70.0 Å². The van der Waals surface area contributed by atoms with Crippen LogP contribution in [0.25, 0.3) is 0 Å². The predicted molar refractivity (Wildman–Crippen MR) is 119 cm³/mol. The molecule has 0 saturated heterocycles. The molecular formula is C23H28N6O. The van der Waals surface area contributed by atoms with Crippen LogP contribution >= 0.6 is 0 Å². The number of azo groups is 2. The lowest BCUT2D eigenvalue weighted by atomic mass is 10.1. The fourth-order valence-electron chi connectivity index (χ4n) is 2.83. The Morgan fingerprint density at radius 1 is 0.833 bits per heavy atom. The highest BCUT2D eigenvalue weighted by Gasteiger charge is 2.24. The van der Waals surface area contributed by atoms with Gasteiger partial charge in [-0.2, -0.15) is 20.4 Å². The molecule has 0 bridgehead atoms. The molecule has 7 heteroatoms. The molecule has 0 fully saturated rings. The Morgan fingerprint density at radius 2 is 1.37 bits per heavy atom. The Hall–Kier alpha value is -3.35. The van der Waals surface area contributed by atoms with Crippen LogP contribution in [-0.4, -0.2) is 14.9 Å². The van der Waals surface area contributed by atoms with Gasteiger partial charge >= 0.3 is 0 Å². The molecule has 0 atom stereocenters. The highest BCUT2D eigenvalue weighted by atomic mass is 16.3. The lowest BCUT2D eigenvalue weighted by molar-refractivity contribution is 0.294. The van der Waals surface area contributed by atoms with E-state index < -0.39 is 0 Å². The van der Waals surface area contributed by atoms with E-state index in [-0.39, 0.29) is 11.4 Å². The van der Waals surface area contributed by atoms with Gasteiger partial charge in [-0.1, -0.05) is 31.5 Å². The third-order valence-corrected chi connectivity index (χ3v) is 4.46. The summed E-state index contributed by atoms with van der Waals surface area (Å²) in [5, 5.41) is 32.3. The van der Waals surface area contributed by atoms with Crippen molar-refractivity contribution in [1.29, 1.82) is 0 Å². The monoisotopic (exact) mass is 404 g/mol. The lowest BCUT2D eigenvalue weighted by Crippen LogP contribution is -2.22. The Labute approximate surface area is 177 Å². The van der Waals surface area contributed by atoms with Crippen molar-refractivity contribution >= 4 is 22.7 Å². The molecule has 0 aliphatic carbocycles. The van der Waals surface area contributed by atoms with Crippen LogP contribution in [0.1, 0.15) is 46.2 Å². The summed E-state index contributed by atoms with van der Waals surface area (Å²) in [6, 6.07) is 16.9. The molecule has 1 N–H and O–H groups in total. The topological polar surface area (TPSA) is 87.5 Å². The molecule has 3 aromatic rings. The lowest BCUT2D eigenvalue weighted by Gasteiger charge is -2.19. The molecule has 0 radical (unpaired) electrons. The first-order chi connectivity index (χ1) is 14.4. The van der Waals surface area contributed by atoms with Crippen LogP contribution in [0.3, 0.4) is 0 Å². The minimum atomic E-state index is -0.343. The maximum absolute atomic E-state index is 10.7. The van der Waals surface area contributed by atoms with Gasteiger partial charge in [0.15, 0.2) is 5.69 Å². The second-order valence-corrected chi connectivity index (χ2v) is 8.06. The van der Waals surface area contributed by atoms with Gasteiger partial charge in [0, 0.05) is 0 Å². The fourth-order valence-corrected chi connectivity index (χ4v) is 2.83. The van der Waals surface area contributed by atoms with Crippen molar-refractivity contribution in [3.63, 3.8) is 0 Å². The summed E-state index contributed by atoms with van der Waals surface area (Å²) in [5.74, 6) is 0.0469. The van der Waals surface area contributed by atoms with Crippen LogP contribution in [0.2, 0.25) is 0 Å². The van der Waals surface area contributed by atoms with Crippen molar-refractivity contribution in [2.45, 2.75) is 52.5 Å². The summed E-state index contributed by atoms with van der Waals surface area (Å²) < 4.78 is 1.61. The van der Waals surface area contributed by atoms with E-state index in [2.05, 4.69) is 32.5 Å². The van der Waals surface area contributed by atoms with Crippen LogP contribution < -0.4 is 0 Å². The van der Waals surface area contributed by atoms with E-state index in [4.69, 9.17) is 0 Å². The number of nitrogens with zero attached hydrogens (tertiary/aromatic N) is 6. The molecule has 30 heavy (non-hydrogen) atoms. The SMILES string of the molecule is CCCCc1nn(C(C)(C)C)c(O)c1/N=N/c1ccc(/N=N/c2ccccc2)cc1.